The van der Waals surface area contributed by atoms with Gasteiger partial charge in [0.2, 0.25) is 5.95 Å². The maximum Gasteiger partial charge on any atom is 0.220 e. The minimum absolute atomic E-state index is 0.0158. The van der Waals surface area contributed by atoms with Gasteiger partial charge in [-0.25, -0.2) is 23.7 Å². The summed E-state index contributed by atoms with van der Waals surface area (Å²) in [5.74, 6) is -2.22. The fourth-order valence-electron chi connectivity index (χ4n) is 3.20. The quantitative estimate of drug-likeness (QED) is 0.480. The summed E-state index contributed by atoms with van der Waals surface area (Å²) in [6, 6.07) is 2.58. The van der Waals surface area contributed by atoms with E-state index in [1.807, 2.05) is 0 Å². The molecule has 0 bridgehead atoms. The van der Waals surface area contributed by atoms with Crippen LogP contribution in [0.25, 0.3) is 33.4 Å². The van der Waals surface area contributed by atoms with E-state index in [4.69, 9.17) is 20.3 Å². The zero-order chi connectivity index (χ0) is 22.1. The van der Waals surface area contributed by atoms with Crippen molar-refractivity contribution in [2.24, 2.45) is 0 Å². The van der Waals surface area contributed by atoms with E-state index in [9.17, 15) is 0 Å². The van der Waals surface area contributed by atoms with E-state index in [0.29, 0.717) is 22.2 Å². The summed E-state index contributed by atoms with van der Waals surface area (Å²) in [4.78, 5) is 12.7. The lowest BCUT2D eigenvalue weighted by atomic mass is 10.0. The third kappa shape index (κ3) is 3.59. The van der Waals surface area contributed by atoms with Crippen molar-refractivity contribution in [3.05, 3.63) is 42.4 Å². The molecule has 0 aliphatic rings. The molecule has 0 aliphatic carbocycles. The second-order valence-electron chi connectivity index (χ2n) is 6.52. The number of methoxy groups -OCH3 is 2. The van der Waals surface area contributed by atoms with Crippen molar-refractivity contribution in [1.29, 1.82) is 0 Å². The molecule has 11 heteroatoms. The number of pyridine rings is 1. The highest BCUT2D eigenvalue weighted by Gasteiger charge is 2.24. The van der Waals surface area contributed by atoms with Crippen molar-refractivity contribution in [3.8, 4) is 34.0 Å². The van der Waals surface area contributed by atoms with Crippen molar-refractivity contribution in [1.82, 2.24) is 24.7 Å². The molecule has 9 nitrogen and oxygen atoms in total. The average Bonchev–Trinajstić information content (AvgIpc) is 3.22. The standard InChI is InChI=1S/C20H18F2N6O3/c1-30-13-6-14(31-2)17(22)15(16(13)21)12-5-10-7-24-20(23)27-18(10)19(26-12)11-8-25-28(9-11)3-4-29/h5-9,29H,3-4H2,1-2H3,(H2,23,24,27). The Balaban J connectivity index is 2.02. The van der Waals surface area contributed by atoms with Crippen LogP contribution in [-0.2, 0) is 6.54 Å². The molecule has 0 saturated heterocycles. The van der Waals surface area contributed by atoms with Crippen LogP contribution in [0.1, 0.15) is 0 Å². The Labute approximate surface area is 175 Å². The van der Waals surface area contributed by atoms with E-state index in [-0.39, 0.29) is 36.3 Å². The fraction of sp³-hybridized carbons (Fsp3) is 0.200. The summed E-state index contributed by atoms with van der Waals surface area (Å²) in [6.07, 6.45) is 4.59. The van der Waals surface area contributed by atoms with Crippen LogP contribution in [0.15, 0.2) is 30.7 Å². The molecule has 0 aliphatic heterocycles. The molecule has 31 heavy (non-hydrogen) atoms. The van der Waals surface area contributed by atoms with Crippen LogP contribution in [0, 0.1) is 11.6 Å². The number of benzene rings is 1. The zero-order valence-electron chi connectivity index (χ0n) is 16.6. The molecule has 4 rings (SSSR count). The highest BCUT2D eigenvalue weighted by atomic mass is 19.1. The molecule has 3 aromatic heterocycles. The highest BCUT2D eigenvalue weighted by Crippen LogP contribution is 2.39. The molecule has 0 atom stereocenters. The highest BCUT2D eigenvalue weighted by molar-refractivity contribution is 5.94. The Bertz CT molecular complexity index is 1250. The monoisotopic (exact) mass is 428 g/mol. The molecule has 4 aromatic rings. The summed E-state index contributed by atoms with van der Waals surface area (Å²) in [5.41, 5.74) is 6.51. The molecule has 1 aromatic carbocycles. The van der Waals surface area contributed by atoms with Crippen LogP contribution in [0.2, 0.25) is 0 Å². The van der Waals surface area contributed by atoms with Gasteiger partial charge in [0, 0.05) is 29.4 Å². The van der Waals surface area contributed by atoms with Gasteiger partial charge in [-0.05, 0) is 6.07 Å². The molecular weight excluding hydrogens is 410 g/mol. The second kappa shape index (κ2) is 8.11. The third-order valence-corrected chi connectivity index (χ3v) is 4.65. The normalized spacial score (nSPS) is 11.1. The minimum atomic E-state index is -0.925. The lowest BCUT2D eigenvalue weighted by Gasteiger charge is -2.14. The lowest BCUT2D eigenvalue weighted by molar-refractivity contribution is 0.269. The van der Waals surface area contributed by atoms with E-state index in [1.54, 1.807) is 6.20 Å². The van der Waals surface area contributed by atoms with Gasteiger partial charge in [-0.1, -0.05) is 0 Å². The smallest absolute Gasteiger partial charge is 0.220 e. The molecule has 0 unspecified atom stereocenters. The van der Waals surface area contributed by atoms with Gasteiger partial charge in [0.1, 0.15) is 11.2 Å². The van der Waals surface area contributed by atoms with Crippen molar-refractivity contribution >= 4 is 16.9 Å². The summed E-state index contributed by atoms with van der Waals surface area (Å²) in [7, 11) is 2.54. The number of aromatic nitrogens is 5. The first kappa shape index (κ1) is 20.4. The molecule has 0 amide bonds. The van der Waals surface area contributed by atoms with Crippen LogP contribution in [0.4, 0.5) is 14.7 Å². The average molecular weight is 428 g/mol. The van der Waals surface area contributed by atoms with E-state index in [0.717, 1.165) is 6.07 Å². The Kier molecular flexibility index (Phi) is 5.34. The maximum absolute atomic E-state index is 15.1. The fourth-order valence-corrected chi connectivity index (χ4v) is 3.20. The third-order valence-electron chi connectivity index (χ3n) is 4.65. The van der Waals surface area contributed by atoms with Gasteiger partial charge in [0.15, 0.2) is 23.1 Å². The van der Waals surface area contributed by atoms with Crippen LogP contribution >= 0.6 is 0 Å². The largest absolute Gasteiger partial charge is 0.494 e. The first-order valence-electron chi connectivity index (χ1n) is 9.14. The molecule has 160 valence electrons. The van der Waals surface area contributed by atoms with E-state index >= 15 is 8.78 Å². The molecule has 3 heterocycles. The number of fused-ring (bicyclic) bond motifs is 1. The number of nitrogens with two attached hydrogens (primary N) is 1. The molecule has 0 spiro atoms. The van der Waals surface area contributed by atoms with Gasteiger partial charge in [0.25, 0.3) is 0 Å². The number of hydrogen-bond acceptors (Lipinski definition) is 8. The van der Waals surface area contributed by atoms with Gasteiger partial charge in [-0.3, -0.25) is 4.68 Å². The first-order chi connectivity index (χ1) is 15.0. The summed E-state index contributed by atoms with van der Waals surface area (Å²) < 4.78 is 41.7. The van der Waals surface area contributed by atoms with E-state index in [2.05, 4.69) is 20.1 Å². The topological polar surface area (TPSA) is 121 Å². The molecule has 3 N–H and O–H groups in total. The Morgan fingerprint density at radius 2 is 1.77 bits per heavy atom. The van der Waals surface area contributed by atoms with Gasteiger partial charge in [-0.2, -0.15) is 5.10 Å². The number of aliphatic hydroxyl groups excluding tert-OH is 1. The van der Waals surface area contributed by atoms with Crippen molar-refractivity contribution < 1.29 is 23.4 Å². The number of nitrogens with zero attached hydrogens (tertiary/aromatic N) is 5. The van der Waals surface area contributed by atoms with E-state index in [1.165, 1.54) is 37.4 Å². The Hall–Kier alpha value is -3.86. The van der Waals surface area contributed by atoms with Gasteiger partial charge >= 0.3 is 0 Å². The number of anilines is 1. The van der Waals surface area contributed by atoms with Crippen LogP contribution in [-0.4, -0.2) is 50.7 Å². The van der Waals surface area contributed by atoms with Crippen molar-refractivity contribution in [2.45, 2.75) is 6.54 Å². The molecule has 0 radical (unpaired) electrons. The summed E-state index contributed by atoms with van der Waals surface area (Å²) in [5, 5.41) is 13.8. The Morgan fingerprint density at radius 1 is 1.06 bits per heavy atom. The Morgan fingerprint density at radius 3 is 2.42 bits per heavy atom. The predicted molar refractivity (Wildman–Crippen MR) is 109 cm³/mol. The second-order valence-corrected chi connectivity index (χ2v) is 6.52. The van der Waals surface area contributed by atoms with Crippen LogP contribution < -0.4 is 15.2 Å². The lowest BCUT2D eigenvalue weighted by Crippen LogP contribution is -2.03. The van der Waals surface area contributed by atoms with Crippen LogP contribution in [0.5, 0.6) is 11.5 Å². The summed E-state index contributed by atoms with van der Waals surface area (Å²) >= 11 is 0. The zero-order valence-corrected chi connectivity index (χ0v) is 16.6. The number of halogens is 2. The van der Waals surface area contributed by atoms with Crippen molar-refractivity contribution in [2.75, 3.05) is 26.6 Å². The predicted octanol–water partition coefficient (Wildman–Crippen LogP) is 2.43. The van der Waals surface area contributed by atoms with Crippen LogP contribution in [0.3, 0.4) is 0 Å². The maximum atomic E-state index is 15.1. The van der Waals surface area contributed by atoms with Gasteiger partial charge in [-0.15, -0.1) is 0 Å². The molecular formula is C20H18F2N6O3. The number of aliphatic hydroxyl groups is 1. The van der Waals surface area contributed by atoms with Crippen molar-refractivity contribution in [3.63, 3.8) is 0 Å². The molecule has 0 saturated carbocycles. The number of nitrogen functional groups attached to an aromatic ring is 1. The van der Waals surface area contributed by atoms with Gasteiger partial charge in [0.05, 0.1) is 44.8 Å². The molecule has 0 fully saturated rings. The number of rotatable bonds is 6. The SMILES string of the molecule is COc1cc(OC)c(F)c(-c2cc3cnc(N)nc3c(-c3cnn(CCO)c3)n2)c1F. The van der Waals surface area contributed by atoms with E-state index < -0.39 is 17.2 Å². The van der Waals surface area contributed by atoms with Gasteiger partial charge < -0.3 is 20.3 Å². The first-order valence-corrected chi connectivity index (χ1v) is 9.14. The summed E-state index contributed by atoms with van der Waals surface area (Å²) in [6.45, 7) is 0.162. The number of ether oxygens (including phenoxy) is 2. The minimum Gasteiger partial charge on any atom is -0.494 e. The number of hydrogen-bond donors (Lipinski definition) is 2.